The van der Waals surface area contributed by atoms with E-state index in [-0.39, 0.29) is 0 Å². The Morgan fingerprint density at radius 2 is 2.18 bits per heavy atom. The molecule has 0 fully saturated rings. The van der Waals surface area contributed by atoms with Gasteiger partial charge in [0.2, 0.25) is 0 Å². The van der Waals surface area contributed by atoms with Crippen LogP contribution in [-0.4, -0.2) is 41.1 Å². The van der Waals surface area contributed by atoms with E-state index in [1.165, 1.54) is 0 Å². The molecule has 94 valence electrons. The summed E-state index contributed by atoms with van der Waals surface area (Å²) in [7, 11) is 0. The summed E-state index contributed by atoms with van der Waals surface area (Å²) in [5, 5.41) is 3.27. The highest BCUT2D eigenvalue weighted by molar-refractivity contribution is 7.80. The lowest BCUT2D eigenvalue weighted by Crippen LogP contribution is -2.29. The van der Waals surface area contributed by atoms with Crippen LogP contribution in [-0.2, 0) is 0 Å². The van der Waals surface area contributed by atoms with Crippen molar-refractivity contribution in [1.29, 1.82) is 0 Å². The van der Waals surface area contributed by atoms with Gasteiger partial charge < -0.3 is 16.0 Å². The number of aromatic nitrogens is 1. The average molecular weight is 252 g/mol. The third-order valence-electron chi connectivity index (χ3n) is 2.69. The van der Waals surface area contributed by atoms with Crippen LogP contribution in [0.5, 0.6) is 0 Å². The molecule has 0 saturated heterocycles. The number of hydrogen-bond acceptors (Lipinski definition) is 4. The molecule has 0 saturated carbocycles. The molecule has 0 aliphatic heterocycles. The first kappa shape index (κ1) is 13.9. The van der Waals surface area contributed by atoms with Crippen LogP contribution in [0.15, 0.2) is 18.3 Å². The predicted molar refractivity (Wildman–Crippen MR) is 76.4 cm³/mol. The van der Waals surface area contributed by atoms with Crippen molar-refractivity contribution in [2.24, 2.45) is 5.73 Å². The number of thiocarbonyl (C=S) groups is 1. The van der Waals surface area contributed by atoms with Crippen molar-refractivity contribution >= 4 is 23.0 Å². The van der Waals surface area contributed by atoms with Crippen LogP contribution in [0, 0.1) is 0 Å². The minimum absolute atomic E-state index is 0.378. The van der Waals surface area contributed by atoms with Gasteiger partial charge in [-0.3, -0.25) is 0 Å². The topological polar surface area (TPSA) is 54.2 Å². The summed E-state index contributed by atoms with van der Waals surface area (Å²) < 4.78 is 0. The van der Waals surface area contributed by atoms with Crippen molar-refractivity contribution in [3.63, 3.8) is 0 Å². The van der Waals surface area contributed by atoms with E-state index in [9.17, 15) is 0 Å². The Balaban J connectivity index is 2.54. The largest absolute Gasteiger partial charge is 0.389 e. The summed E-state index contributed by atoms with van der Waals surface area (Å²) in [6.45, 7) is 8.26. The minimum atomic E-state index is 0.378. The zero-order chi connectivity index (χ0) is 12.7. The van der Waals surface area contributed by atoms with Crippen LogP contribution in [0.25, 0.3) is 0 Å². The van der Waals surface area contributed by atoms with Gasteiger partial charge in [0.05, 0.1) is 5.56 Å². The lowest BCUT2D eigenvalue weighted by atomic mass is 10.2. The number of hydrogen-bond donors (Lipinski definition) is 2. The first-order valence-electron chi connectivity index (χ1n) is 5.90. The van der Waals surface area contributed by atoms with Gasteiger partial charge in [-0.2, -0.15) is 0 Å². The Hall–Kier alpha value is -1.20. The quantitative estimate of drug-likeness (QED) is 0.720. The van der Waals surface area contributed by atoms with Gasteiger partial charge in [0.1, 0.15) is 10.8 Å². The van der Waals surface area contributed by atoms with Gasteiger partial charge in [-0.1, -0.05) is 26.1 Å². The molecular weight excluding hydrogens is 232 g/mol. The van der Waals surface area contributed by atoms with E-state index in [1.807, 2.05) is 12.1 Å². The molecule has 4 nitrogen and oxygen atoms in total. The number of nitrogens with one attached hydrogen (secondary N) is 1. The van der Waals surface area contributed by atoms with Crippen molar-refractivity contribution in [1.82, 2.24) is 9.88 Å². The SMILES string of the molecule is CCN(CC)CCNc1ncccc1C(N)=S. The zero-order valence-corrected chi connectivity index (χ0v) is 11.3. The first-order chi connectivity index (χ1) is 8.19. The number of likely N-dealkylation sites (N-methyl/N-ethyl adjacent to an activating group) is 1. The lowest BCUT2D eigenvalue weighted by Gasteiger charge is -2.18. The summed E-state index contributed by atoms with van der Waals surface area (Å²) >= 11 is 4.98. The van der Waals surface area contributed by atoms with Gasteiger partial charge in [-0.15, -0.1) is 0 Å². The molecule has 0 bridgehead atoms. The maximum absolute atomic E-state index is 5.64. The van der Waals surface area contributed by atoms with Crippen LogP contribution < -0.4 is 11.1 Å². The van der Waals surface area contributed by atoms with E-state index >= 15 is 0 Å². The molecule has 17 heavy (non-hydrogen) atoms. The molecule has 0 aromatic carbocycles. The third-order valence-corrected chi connectivity index (χ3v) is 2.91. The Labute approximate surface area is 108 Å². The molecule has 0 spiro atoms. The molecule has 0 atom stereocenters. The molecule has 1 heterocycles. The summed E-state index contributed by atoms with van der Waals surface area (Å²) in [6, 6.07) is 3.72. The van der Waals surface area contributed by atoms with Gasteiger partial charge in [-0.25, -0.2) is 4.98 Å². The fraction of sp³-hybridized carbons (Fsp3) is 0.500. The standard InChI is InChI=1S/C12H20N4S/c1-3-16(4-2)9-8-15-12-10(11(13)17)6-5-7-14-12/h5-7H,3-4,8-9H2,1-2H3,(H2,13,17)(H,14,15). The van der Waals surface area contributed by atoms with Crippen molar-refractivity contribution in [2.45, 2.75) is 13.8 Å². The summed E-state index contributed by atoms with van der Waals surface area (Å²) in [5.41, 5.74) is 6.45. The monoisotopic (exact) mass is 252 g/mol. The van der Waals surface area contributed by atoms with Gasteiger partial charge in [0.15, 0.2) is 0 Å². The molecule has 5 heteroatoms. The molecular formula is C12H20N4S. The smallest absolute Gasteiger partial charge is 0.136 e. The molecule has 3 N–H and O–H groups in total. The zero-order valence-electron chi connectivity index (χ0n) is 10.4. The van der Waals surface area contributed by atoms with Crippen molar-refractivity contribution in [2.75, 3.05) is 31.5 Å². The van der Waals surface area contributed by atoms with Gasteiger partial charge in [-0.05, 0) is 25.2 Å². The van der Waals surface area contributed by atoms with Crippen LogP contribution in [0.4, 0.5) is 5.82 Å². The van der Waals surface area contributed by atoms with E-state index in [0.717, 1.165) is 37.6 Å². The minimum Gasteiger partial charge on any atom is -0.389 e. The molecule has 0 radical (unpaired) electrons. The molecule has 0 unspecified atom stereocenters. The fourth-order valence-corrected chi connectivity index (χ4v) is 1.78. The number of anilines is 1. The maximum Gasteiger partial charge on any atom is 0.136 e. The Bertz CT molecular complexity index is 363. The summed E-state index contributed by atoms with van der Waals surface area (Å²) in [4.78, 5) is 6.97. The summed E-state index contributed by atoms with van der Waals surface area (Å²) in [6.07, 6.45) is 1.74. The molecule has 1 rings (SSSR count). The second-order valence-electron chi connectivity index (χ2n) is 3.72. The normalized spacial score (nSPS) is 10.5. The van der Waals surface area contributed by atoms with Crippen LogP contribution >= 0.6 is 12.2 Å². The molecule has 1 aromatic heterocycles. The second kappa shape index (κ2) is 7.19. The van der Waals surface area contributed by atoms with Gasteiger partial charge >= 0.3 is 0 Å². The molecule has 1 aromatic rings. The van der Waals surface area contributed by atoms with E-state index in [0.29, 0.717) is 4.99 Å². The number of pyridine rings is 1. The lowest BCUT2D eigenvalue weighted by molar-refractivity contribution is 0.316. The van der Waals surface area contributed by atoms with E-state index in [4.69, 9.17) is 18.0 Å². The number of nitrogens with two attached hydrogens (primary N) is 1. The van der Waals surface area contributed by atoms with Crippen LogP contribution in [0.3, 0.4) is 0 Å². The highest BCUT2D eigenvalue weighted by atomic mass is 32.1. The highest BCUT2D eigenvalue weighted by Crippen LogP contribution is 2.10. The van der Waals surface area contributed by atoms with Gasteiger partial charge in [0.25, 0.3) is 0 Å². The predicted octanol–water partition coefficient (Wildman–Crippen LogP) is 1.47. The van der Waals surface area contributed by atoms with Crippen molar-refractivity contribution < 1.29 is 0 Å². The average Bonchev–Trinajstić information content (AvgIpc) is 2.35. The van der Waals surface area contributed by atoms with Gasteiger partial charge in [0, 0.05) is 19.3 Å². The first-order valence-corrected chi connectivity index (χ1v) is 6.30. The maximum atomic E-state index is 5.64. The number of nitrogens with zero attached hydrogens (tertiary/aromatic N) is 2. The van der Waals surface area contributed by atoms with E-state index in [2.05, 4.69) is 29.0 Å². The van der Waals surface area contributed by atoms with E-state index in [1.54, 1.807) is 6.20 Å². The molecule has 0 amide bonds. The number of rotatable bonds is 7. The summed E-state index contributed by atoms with van der Waals surface area (Å²) in [5.74, 6) is 0.771. The molecule has 0 aliphatic rings. The van der Waals surface area contributed by atoms with Crippen molar-refractivity contribution in [3.8, 4) is 0 Å². The van der Waals surface area contributed by atoms with Crippen LogP contribution in [0.1, 0.15) is 19.4 Å². The van der Waals surface area contributed by atoms with E-state index < -0.39 is 0 Å². The Kier molecular flexibility index (Phi) is 5.86. The Morgan fingerprint density at radius 3 is 2.76 bits per heavy atom. The van der Waals surface area contributed by atoms with Crippen molar-refractivity contribution in [3.05, 3.63) is 23.9 Å². The molecule has 0 aliphatic carbocycles. The fourth-order valence-electron chi connectivity index (χ4n) is 1.62. The second-order valence-corrected chi connectivity index (χ2v) is 4.16. The highest BCUT2D eigenvalue weighted by Gasteiger charge is 2.05. The van der Waals surface area contributed by atoms with Crippen LogP contribution in [0.2, 0.25) is 0 Å². The third kappa shape index (κ3) is 4.28. The Morgan fingerprint density at radius 1 is 1.47 bits per heavy atom.